The molecule has 0 aromatic carbocycles. The molecule has 1 aliphatic heterocycles. The van der Waals surface area contributed by atoms with E-state index in [4.69, 9.17) is 4.74 Å². The highest BCUT2D eigenvalue weighted by atomic mass is 16.5. The number of methoxy groups -OCH3 is 1. The summed E-state index contributed by atoms with van der Waals surface area (Å²) in [5.74, 6) is 1.61. The number of ether oxygens (including phenoxy) is 1. The van der Waals surface area contributed by atoms with Crippen LogP contribution in [-0.4, -0.2) is 49.7 Å². The van der Waals surface area contributed by atoms with Crippen molar-refractivity contribution in [2.24, 2.45) is 11.8 Å². The molecule has 0 bridgehead atoms. The van der Waals surface area contributed by atoms with Gasteiger partial charge < -0.3 is 15.0 Å². The van der Waals surface area contributed by atoms with Gasteiger partial charge in [-0.15, -0.1) is 0 Å². The van der Waals surface area contributed by atoms with Crippen LogP contribution in [-0.2, 0) is 9.53 Å². The fraction of sp³-hybridized carbons (Fsp3) is 0.933. The van der Waals surface area contributed by atoms with Gasteiger partial charge in [0.25, 0.3) is 0 Å². The molecule has 0 spiro atoms. The van der Waals surface area contributed by atoms with E-state index in [0.717, 1.165) is 51.3 Å². The first-order valence-electron chi connectivity index (χ1n) is 7.81. The molecule has 4 nitrogen and oxygen atoms in total. The average Bonchev–Trinajstić information content (AvgIpc) is 3.31. The number of hydrogen-bond donors (Lipinski definition) is 1. The fourth-order valence-corrected chi connectivity index (χ4v) is 3.16. The summed E-state index contributed by atoms with van der Waals surface area (Å²) in [5, 5.41) is 3.76. The van der Waals surface area contributed by atoms with Gasteiger partial charge >= 0.3 is 0 Å². The van der Waals surface area contributed by atoms with Crippen molar-refractivity contribution < 1.29 is 9.53 Å². The Morgan fingerprint density at radius 3 is 2.42 bits per heavy atom. The summed E-state index contributed by atoms with van der Waals surface area (Å²) in [7, 11) is 1.79. The number of carbonyl (C=O) groups excluding carboxylic acids is 1. The van der Waals surface area contributed by atoms with Crippen molar-refractivity contribution in [3.8, 4) is 0 Å². The highest BCUT2D eigenvalue weighted by Gasteiger charge is 2.36. The summed E-state index contributed by atoms with van der Waals surface area (Å²) < 4.78 is 5.32. The predicted molar refractivity (Wildman–Crippen MR) is 73.8 cm³/mol. The lowest BCUT2D eigenvalue weighted by atomic mass is 10.0. The second-order valence-corrected chi connectivity index (χ2v) is 6.44. The third kappa shape index (κ3) is 3.48. The van der Waals surface area contributed by atoms with E-state index in [1.807, 2.05) is 0 Å². The molecule has 1 heterocycles. The molecule has 1 unspecified atom stereocenters. The number of nitrogens with one attached hydrogen (secondary N) is 1. The molecule has 3 rings (SSSR count). The molecular weight excluding hydrogens is 240 g/mol. The smallest absolute Gasteiger partial charge is 0.225 e. The Bertz CT molecular complexity index is 318. The minimum atomic E-state index is 0.372. The van der Waals surface area contributed by atoms with Crippen molar-refractivity contribution in [3.63, 3.8) is 0 Å². The van der Waals surface area contributed by atoms with Crippen LogP contribution in [0.15, 0.2) is 0 Å². The van der Waals surface area contributed by atoms with Crippen molar-refractivity contribution >= 4 is 5.91 Å². The molecule has 1 amide bonds. The fourth-order valence-electron chi connectivity index (χ4n) is 3.16. The Labute approximate surface area is 115 Å². The van der Waals surface area contributed by atoms with Gasteiger partial charge in [0, 0.05) is 38.2 Å². The van der Waals surface area contributed by atoms with Crippen LogP contribution >= 0.6 is 0 Å². The Hall–Kier alpha value is -0.610. The molecule has 1 saturated heterocycles. The molecule has 2 aliphatic carbocycles. The van der Waals surface area contributed by atoms with Gasteiger partial charge in [0.1, 0.15) is 0 Å². The maximum atomic E-state index is 12.0. The lowest BCUT2D eigenvalue weighted by Crippen LogP contribution is -2.49. The highest BCUT2D eigenvalue weighted by molar-refractivity contribution is 5.81. The van der Waals surface area contributed by atoms with Gasteiger partial charge in [-0.05, 0) is 44.4 Å². The summed E-state index contributed by atoms with van der Waals surface area (Å²) in [5.41, 5.74) is 0. The molecule has 4 heteroatoms. The molecule has 1 N–H and O–H groups in total. The Kier molecular flexibility index (Phi) is 4.08. The predicted octanol–water partition coefficient (Wildman–Crippen LogP) is 1.40. The van der Waals surface area contributed by atoms with Crippen molar-refractivity contribution in [3.05, 3.63) is 0 Å². The molecule has 0 aromatic heterocycles. The third-order valence-electron chi connectivity index (χ3n) is 4.72. The van der Waals surface area contributed by atoms with Crippen LogP contribution in [0.2, 0.25) is 0 Å². The van der Waals surface area contributed by atoms with Crippen LogP contribution in [0.1, 0.15) is 38.5 Å². The second-order valence-electron chi connectivity index (χ2n) is 6.44. The lowest BCUT2D eigenvalue weighted by molar-refractivity contribution is -0.133. The molecular formula is C15H26N2O2. The summed E-state index contributed by atoms with van der Waals surface area (Å²) in [6.45, 7) is 2.71. The standard InChI is InChI=1S/C15H26N2O2/c1-19-10-14(11-2-3-11)16-13-6-8-17(9-7-13)15(18)12-4-5-12/h11-14,16H,2-10H2,1H3. The molecule has 3 aliphatic rings. The zero-order valence-corrected chi connectivity index (χ0v) is 11.9. The average molecular weight is 266 g/mol. The first-order chi connectivity index (χ1) is 9.28. The monoisotopic (exact) mass is 266 g/mol. The number of nitrogens with zero attached hydrogens (tertiary/aromatic N) is 1. The van der Waals surface area contributed by atoms with Gasteiger partial charge in [-0.2, -0.15) is 0 Å². The number of hydrogen-bond acceptors (Lipinski definition) is 3. The van der Waals surface area contributed by atoms with Gasteiger partial charge in [0.2, 0.25) is 5.91 Å². The van der Waals surface area contributed by atoms with Crippen molar-refractivity contribution in [1.29, 1.82) is 0 Å². The van der Waals surface area contributed by atoms with Gasteiger partial charge in [-0.1, -0.05) is 0 Å². The van der Waals surface area contributed by atoms with Gasteiger partial charge in [0.05, 0.1) is 6.61 Å². The van der Waals surface area contributed by atoms with Crippen molar-refractivity contribution in [1.82, 2.24) is 10.2 Å². The summed E-state index contributed by atoms with van der Waals surface area (Å²) >= 11 is 0. The number of likely N-dealkylation sites (tertiary alicyclic amines) is 1. The first-order valence-corrected chi connectivity index (χ1v) is 7.81. The van der Waals surface area contributed by atoms with Gasteiger partial charge in [-0.3, -0.25) is 4.79 Å². The van der Waals surface area contributed by atoms with Gasteiger partial charge in [0.15, 0.2) is 0 Å². The minimum absolute atomic E-state index is 0.372. The number of amides is 1. The Morgan fingerprint density at radius 2 is 1.89 bits per heavy atom. The van der Waals surface area contributed by atoms with Crippen LogP contribution in [0.25, 0.3) is 0 Å². The van der Waals surface area contributed by atoms with Gasteiger partial charge in [-0.25, -0.2) is 0 Å². The molecule has 0 aromatic rings. The molecule has 2 saturated carbocycles. The zero-order valence-electron chi connectivity index (χ0n) is 11.9. The van der Waals surface area contributed by atoms with Crippen LogP contribution in [0.4, 0.5) is 0 Å². The van der Waals surface area contributed by atoms with E-state index in [0.29, 0.717) is 23.9 Å². The quantitative estimate of drug-likeness (QED) is 0.790. The molecule has 3 fully saturated rings. The number of rotatable bonds is 6. The molecule has 0 radical (unpaired) electrons. The largest absolute Gasteiger partial charge is 0.383 e. The van der Waals surface area contributed by atoms with Crippen LogP contribution in [0.5, 0.6) is 0 Å². The van der Waals surface area contributed by atoms with E-state index in [-0.39, 0.29) is 0 Å². The van der Waals surface area contributed by atoms with Crippen molar-refractivity contribution in [2.75, 3.05) is 26.8 Å². The maximum Gasteiger partial charge on any atom is 0.225 e. The number of carbonyl (C=O) groups is 1. The SMILES string of the molecule is COCC(NC1CCN(C(=O)C2CC2)CC1)C1CC1. The highest BCUT2D eigenvalue weighted by Crippen LogP contribution is 2.34. The number of piperidine rings is 1. The second kappa shape index (κ2) is 5.80. The lowest BCUT2D eigenvalue weighted by Gasteiger charge is -2.34. The van der Waals surface area contributed by atoms with E-state index in [9.17, 15) is 4.79 Å². The zero-order chi connectivity index (χ0) is 13.2. The maximum absolute atomic E-state index is 12.0. The summed E-state index contributed by atoms with van der Waals surface area (Å²) in [6.07, 6.45) is 7.14. The van der Waals surface area contributed by atoms with E-state index in [1.165, 1.54) is 12.8 Å². The van der Waals surface area contributed by atoms with Crippen LogP contribution in [0, 0.1) is 11.8 Å². The van der Waals surface area contributed by atoms with E-state index >= 15 is 0 Å². The van der Waals surface area contributed by atoms with E-state index < -0.39 is 0 Å². The van der Waals surface area contributed by atoms with E-state index in [1.54, 1.807) is 7.11 Å². The Balaban J connectivity index is 1.42. The summed E-state index contributed by atoms with van der Waals surface area (Å²) in [4.78, 5) is 14.1. The Morgan fingerprint density at radius 1 is 1.21 bits per heavy atom. The summed E-state index contributed by atoms with van der Waals surface area (Å²) in [6, 6.07) is 1.10. The van der Waals surface area contributed by atoms with Crippen LogP contribution < -0.4 is 5.32 Å². The third-order valence-corrected chi connectivity index (χ3v) is 4.72. The van der Waals surface area contributed by atoms with Crippen LogP contribution in [0.3, 0.4) is 0 Å². The normalized spacial score (nSPS) is 26.5. The minimum Gasteiger partial charge on any atom is -0.383 e. The topological polar surface area (TPSA) is 41.6 Å². The molecule has 108 valence electrons. The first kappa shape index (κ1) is 13.4. The molecule has 1 atom stereocenters. The molecule has 19 heavy (non-hydrogen) atoms. The van der Waals surface area contributed by atoms with E-state index in [2.05, 4.69) is 10.2 Å². The van der Waals surface area contributed by atoms with Crippen molar-refractivity contribution in [2.45, 2.75) is 50.6 Å².